The van der Waals surface area contributed by atoms with Crippen LogP contribution in [-0.4, -0.2) is 42.6 Å². The molecule has 106 valence electrons. The van der Waals surface area contributed by atoms with Crippen molar-refractivity contribution in [1.29, 1.82) is 0 Å². The van der Waals surface area contributed by atoms with Gasteiger partial charge >= 0.3 is 0 Å². The Balaban J connectivity index is 1.99. The number of hydrogen-bond donors (Lipinski definition) is 1. The molecule has 1 aliphatic carbocycles. The van der Waals surface area contributed by atoms with Crippen molar-refractivity contribution in [3.05, 3.63) is 0 Å². The topological polar surface area (TPSA) is 30.5 Å². The van der Waals surface area contributed by atoms with E-state index in [1.54, 1.807) is 0 Å². The molecular weight excluding hydrogens is 246 g/mol. The van der Waals surface area contributed by atoms with Gasteiger partial charge < -0.3 is 14.8 Å². The van der Waals surface area contributed by atoms with Crippen LogP contribution in [0.15, 0.2) is 0 Å². The fourth-order valence-corrected chi connectivity index (χ4v) is 4.46. The maximum Gasteiger partial charge on any atom is 0.169 e. The summed E-state index contributed by atoms with van der Waals surface area (Å²) in [6.07, 6.45) is 3.21. The zero-order chi connectivity index (χ0) is 13.2. The molecule has 3 atom stereocenters. The van der Waals surface area contributed by atoms with E-state index in [2.05, 4.69) is 44.9 Å². The Morgan fingerprint density at radius 2 is 1.89 bits per heavy atom. The van der Waals surface area contributed by atoms with Crippen molar-refractivity contribution in [3.63, 3.8) is 0 Å². The second-order valence-corrected chi connectivity index (χ2v) is 7.49. The highest BCUT2D eigenvalue weighted by Gasteiger charge is 2.45. The van der Waals surface area contributed by atoms with Gasteiger partial charge in [0.1, 0.15) is 0 Å². The van der Waals surface area contributed by atoms with Crippen LogP contribution < -0.4 is 5.32 Å². The number of rotatable bonds is 4. The monoisotopic (exact) mass is 273 g/mol. The van der Waals surface area contributed by atoms with Crippen LogP contribution in [0.1, 0.15) is 40.0 Å². The van der Waals surface area contributed by atoms with Crippen LogP contribution in [0.25, 0.3) is 0 Å². The fourth-order valence-electron chi connectivity index (χ4n) is 2.78. The van der Waals surface area contributed by atoms with Crippen LogP contribution in [0, 0.1) is 5.92 Å². The summed E-state index contributed by atoms with van der Waals surface area (Å²) in [5.74, 6) is 0.456. The first kappa shape index (κ1) is 14.6. The van der Waals surface area contributed by atoms with E-state index < -0.39 is 0 Å². The van der Waals surface area contributed by atoms with Gasteiger partial charge in [0.05, 0.1) is 13.2 Å². The van der Waals surface area contributed by atoms with Gasteiger partial charge in [-0.25, -0.2) is 0 Å². The highest BCUT2D eigenvalue weighted by molar-refractivity contribution is 8.00. The molecule has 4 heteroatoms. The molecule has 3 unspecified atom stereocenters. The smallest absolute Gasteiger partial charge is 0.169 e. The molecule has 0 aromatic rings. The van der Waals surface area contributed by atoms with Gasteiger partial charge in [0.2, 0.25) is 0 Å². The molecule has 1 N–H and O–H groups in total. The lowest BCUT2D eigenvalue weighted by molar-refractivity contribution is -0.177. The maximum atomic E-state index is 5.88. The second-order valence-electron chi connectivity index (χ2n) is 5.87. The summed E-state index contributed by atoms with van der Waals surface area (Å²) in [5.41, 5.74) is 0. The van der Waals surface area contributed by atoms with Crippen molar-refractivity contribution in [2.24, 2.45) is 5.92 Å². The van der Waals surface area contributed by atoms with E-state index in [-0.39, 0.29) is 5.79 Å². The molecule has 0 aromatic carbocycles. The minimum absolute atomic E-state index is 0.262. The van der Waals surface area contributed by atoms with E-state index in [1.165, 1.54) is 0 Å². The molecule has 2 fully saturated rings. The van der Waals surface area contributed by atoms with Crippen molar-refractivity contribution >= 4 is 11.8 Å². The third-order valence-corrected chi connectivity index (χ3v) is 6.13. The predicted molar refractivity (Wildman–Crippen MR) is 77.0 cm³/mol. The van der Waals surface area contributed by atoms with Gasteiger partial charge in [-0.3, -0.25) is 0 Å². The summed E-state index contributed by atoms with van der Waals surface area (Å²) in [6.45, 7) is 8.46. The molecule has 0 aromatic heterocycles. The zero-order valence-electron chi connectivity index (χ0n) is 12.1. The summed E-state index contributed by atoms with van der Waals surface area (Å²) in [6, 6.07) is 0.592. The average molecular weight is 273 g/mol. The third kappa shape index (κ3) is 3.21. The Morgan fingerprint density at radius 1 is 1.22 bits per heavy atom. The molecule has 1 heterocycles. The number of hydrogen-bond acceptors (Lipinski definition) is 4. The van der Waals surface area contributed by atoms with Crippen molar-refractivity contribution in [3.8, 4) is 0 Å². The molecular formula is C14H27NO2S. The molecule has 1 saturated carbocycles. The van der Waals surface area contributed by atoms with E-state index in [0.29, 0.717) is 16.5 Å². The molecule has 0 amide bonds. The van der Waals surface area contributed by atoms with Crippen LogP contribution in [0.3, 0.4) is 0 Å². The molecule has 0 bridgehead atoms. The molecule has 3 nitrogen and oxygen atoms in total. The summed E-state index contributed by atoms with van der Waals surface area (Å²) >= 11 is 2.10. The minimum Gasteiger partial charge on any atom is -0.347 e. The van der Waals surface area contributed by atoms with Gasteiger partial charge in [-0.05, 0) is 19.4 Å². The summed E-state index contributed by atoms with van der Waals surface area (Å²) < 4.78 is 11.8. The Labute approximate surface area is 115 Å². The fraction of sp³-hybridized carbons (Fsp3) is 1.00. The Morgan fingerprint density at radius 3 is 2.44 bits per heavy atom. The lowest BCUT2D eigenvalue weighted by Crippen LogP contribution is -2.49. The first-order valence-corrected chi connectivity index (χ1v) is 8.11. The normalized spacial score (nSPS) is 33.2. The van der Waals surface area contributed by atoms with Gasteiger partial charge in [0, 0.05) is 29.4 Å². The Kier molecular flexibility index (Phi) is 4.98. The van der Waals surface area contributed by atoms with E-state index in [9.17, 15) is 0 Å². The van der Waals surface area contributed by atoms with Gasteiger partial charge in [0.15, 0.2) is 5.79 Å². The van der Waals surface area contributed by atoms with Gasteiger partial charge in [0.25, 0.3) is 0 Å². The number of ether oxygens (including phenoxy) is 2. The van der Waals surface area contributed by atoms with Gasteiger partial charge in [-0.1, -0.05) is 20.8 Å². The van der Waals surface area contributed by atoms with Crippen LogP contribution in [-0.2, 0) is 9.47 Å². The molecule has 1 aliphatic heterocycles. The number of nitrogens with one attached hydrogen (secondary N) is 1. The van der Waals surface area contributed by atoms with Gasteiger partial charge in [-0.2, -0.15) is 11.8 Å². The quantitative estimate of drug-likeness (QED) is 0.853. The molecule has 1 spiro atoms. The summed E-state index contributed by atoms with van der Waals surface area (Å²) in [7, 11) is 2.08. The third-order valence-electron chi connectivity index (χ3n) is 4.31. The lowest BCUT2D eigenvalue weighted by atomic mass is 9.89. The van der Waals surface area contributed by atoms with E-state index in [4.69, 9.17) is 9.47 Å². The molecule has 0 radical (unpaired) electrons. The highest BCUT2D eigenvalue weighted by Crippen LogP contribution is 2.42. The van der Waals surface area contributed by atoms with E-state index in [0.717, 1.165) is 38.4 Å². The largest absolute Gasteiger partial charge is 0.347 e. The number of thioether (sulfide) groups is 1. The molecule has 2 rings (SSSR count). The average Bonchev–Trinajstić information content (AvgIpc) is 2.77. The SMILES string of the molecule is CNC1CCC2(CC1SC(C)C(C)C)OCCO2. The standard InChI is InChI=1S/C14H27NO2S/c1-10(2)11(3)18-13-9-14(16-7-8-17-14)6-5-12(13)15-4/h10-13,15H,5-9H2,1-4H3. The van der Waals surface area contributed by atoms with Crippen LogP contribution >= 0.6 is 11.8 Å². The zero-order valence-corrected chi connectivity index (χ0v) is 12.9. The van der Waals surface area contributed by atoms with Crippen molar-refractivity contribution in [2.75, 3.05) is 20.3 Å². The summed E-state index contributed by atoms with van der Waals surface area (Å²) in [4.78, 5) is 0. The predicted octanol–water partition coefficient (Wildman–Crippen LogP) is 2.65. The van der Waals surface area contributed by atoms with Crippen LogP contribution in [0.2, 0.25) is 0 Å². The minimum atomic E-state index is -0.262. The Bertz CT molecular complexity index is 267. The first-order chi connectivity index (χ1) is 8.56. The molecule has 1 saturated heterocycles. The van der Waals surface area contributed by atoms with Gasteiger partial charge in [-0.15, -0.1) is 0 Å². The van der Waals surface area contributed by atoms with Crippen LogP contribution in [0.5, 0.6) is 0 Å². The highest BCUT2D eigenvalue weighted by atomic mass is 32.2. The van der Waals surface area contributed by atoms with E-state index in [1.807, 2.05) is 0 Å². The molecule has 2 aliphatic rings. The second kappa shape index (κ2) is 6.12. The maximum absolute atomic E-state index is 5.88. The van der Waals surface area contributed by atoms with Crippen LogP contribution in [0.4, 0.5) is 0 Å². The van der Waals surface area contributed by atoms with Crippen molar-refractivity contribution in [2.45, 2.75) is 62.4 Å². The van der Waals surface area contributed by atoms with Crippen molar-refractivity contribution in [1.82, 2.24) is 5.32 Å². The van der Waals surface area contributed by atoms with E-state index >= 15 is 0 Å². The summed E-state index contributed by atoms with van der Waals surface area (Å²) in [5, 5.41) is 4.75. The first-order valence-electron chi connectivity index (χ1n) is 7.17. The lowest BCUT2D eigenvalue weighted by Gasteiger charge is -2.41. The van der Waals surface area contributed by atoms with Crippen molar-refractivity contribution < 1.29 is 9.47 Å². The Hall–Kier alpha value is 0.230. The molecule has 18 heavy (non-hydrogen) atoms.